The molecule has 1 amide bonds. The molecule has 4 rings (SSSR count). The maximum absolute atomic E-state index is 11.9. The van der Waals surface area contributed by atoms with Gasteiger partial charge in [-0.25, -0.2) is 4.98 Å². The van der Waals surface area contributed by atoms with E-state index < -0.39 is 0 Å². The molecule has 23 heavy (non-hydrogen) atoms. The largest absolute Gasteiger partial charge is 0.326 e. The average molecular weight is 346 g/mol. The summed E-state index contributed by atoms with van der Waals surface area (Å²) in [7, 11) is 0. The molecule has 1 aromatic carbocycles. The van der Waals surface area contributed by atoms with Crippen LogP contribution in [0.5, 0.6) is 0 Å². The number of imidazole rings is 1. The van der Waals surface area contributed by atoms with Gasteiger partial charge in [-0.2, -0.15) is 0 Å². The van der Waals surface area contributed by atoms with E-state index in [4.69, 9.17) is 23.2 Å². The quantitative estimate of drug-likeness (QED) is 0.750. The van der Waals surface area contributed by atoms with Crippen LogP contribution in [0.1, 0.15) is 12.8 Å². The van der Waals surface area contributed by atoms with E-state index in [0.717, 1.165) is 29.8 Å². The van der Waals surface area contributed by atoms with E-state index in [2.05, 4.69) is 10.3 Å². The zero-order valence-electron chi connectivity index (χ0n) is 12.1. The number of rotatable bonds is 3. The van der Waals surface area contributed by atoms with E-state index in [1.165, 1.54) is 0 Å². The molecule has 1 aliphatic carbocycles. The monoisotopic (exact) mass is 345 g/mol. The van der Waals surface area contributed by atoms with E-state index in [-0.39, 0.29) is 11.8 Å². The molecule has 116 valence electrons. The summed E-state index contributed by atoms with van der Waals surface area (Å²) in [5, 5.41) is 4.00. The number of halogens is 2. The first kappa shape index (κ1) is 14.5. The predicted molar refractivity (Wildman–Crippen MR) is 92.0 cm³/mol. The van der Waals surface area contributed by atoms with Gasteiger partial charge < -0.3 is 9.72 Å². The zero-order chi connectivity index (χ0) is 16.0. The van der Waals surface area contributed by atoms with Gasteiger partial charge in [-0.15, -0.1) is 0 Å². The van der Waals surface area contributed by atoms with Gasteiger partial charge in [0.2, 0.25) is 5.91 Å². The fraction of sp³-hybridized carbons (Fsp3) is 0.176. The lowest BCUT2D eigenvalue weighted by Gasteiger charge is -2.05. The highest BCUT2D eigenvalue weighted by molar-refractivity contribution is 6.36. The summed E-state index contributed by atoms with van der Waals surface area (Å²) in [6, 6.07) is 9.31. The van der Waals surface area contributed by atoms with Gasteiger partial charge in [0.15, 0.2) is 5.65 Å². The van der Waals surface area contributed by atoms with Gasteiger partial charge in [-0.1, -0.05) is 35.3 Å². The summed E-state index contributed by atoms with van der Waals surface area (Å²) in [6.07, 6.45) is 5.60. The van der Waals surface area contributed by atoms with E-state index in [0.29, 0.717) is 15.7 Å². The Morgan fingerprint density at radius 1 is 1.22 bits per heavy atom. The molecule has 4 nitrogen and oxygen atoms in total. The molecule has 1 saturated carbocycles. The lowest BCUT2D eigenvalue weighted by atomic mass is 10.1. The highest BCUT2D eigenvalue weighted by atomic mass is 35.5. The SMILES string of the molecule is O=C(Nc1cccc(-c2cn3cc(Cl)cc(Cl)c3n2)c1)C1CC1. The number of amides is 1. The smallest absolute Gasteiger partial charge is 0.227 e. The Kier molecular flexibility index (Phi) is 3.51. The topological polar surface area (TPSA) is 46.4 Å². The maximum Gasteiger partial charge on any atom is 0.227 e. The van der Waals surface area contributed by atoms with Crippen molar-refractivity contribution in [1.29, 1.82) is 0 Å². The van der Waals surface area contributed by atoms with Gasteiger partial charge >= 0.3 is 0 Å². The minimum absolute atomic E-state index is 0.0898. The molecule has 0 bridgehead atoms. The van der Waals surface area contributed by atoms with Crippen molar-refractivity contribution < 1.29 is 4.79 Å². The number of hydrogen-bond acceptors (Lipinski definition) is 2. The Bertz CT molecular complexity index is 915. The van der Waals surface area contributed by atoms with Crippen LogP contribution < -0.4 is 5.32 Å². The molecule has 0 unspecified atom stereocenters. The lowest BCUT2D eigenvalue weighted by molar-refractivity contribution is -0.117. The summed E-state index contributed by atoms with van der Waals surface area (Å²) >= 11 is 12.2. The van der Waals surface area contributed by atoms with Crippen molar-refractivity contribution in [3.63, 3.8) is 0 Å². The Hall–Kier alpha value is -2.04. The Morgan fingerprint density at radius 3 is 2.83 bits per heavy atom. The van der Waals surface area contributed by atoms with Gasteiger partial charge in [0, 0.05) is 29.6 Å². The van der Waals surface area contributed by atoms with Crippen LogP contribution in [-0.4, -0.2) is 15.3 Å². The molecule has 3 aromatic rings. The molecule has 6 heteroatoms. The molecular formula is C17H13Cl2N3O. The number of hydrogen-bond donors (Lipinski definition) is 1. The highest BCUT2D eigenvalue weighted by Crippen LogP contribution is 2.31. The van der Waals surface area contributed by atoms with Crippen LogP contribution in [0.3, 0.4) is 0 Å². The fourth-order valence-corrected chi connectivity index (χ4v) is 3.04. The summed E-state index contributed by atoms with van der Waals surface area (Å²) < 4.78 is 1.80. The van der Waals surface area contributed by atoms with Crippen LogP contribution in [0.25, 0.3) is 16.9 Å². The van der Waals surface area contributed by atoms with Crippen LogP contribution in [0.4, 0.5) is 5.69 Å². The van der Waals surface area contributed by atoms with E-state index in [1.807, 2.05) is 30.5 Å². The third-order valence-corrected chi connectivity index (χ3v) is 4.33. The second-order valence-corrected chi connectivity index (χ2v) is 6.55. The Morgan fingerprint density at radius 2 is 2.04 bits per heavy atom. The molecule has 2 heterocycles. The van der Waals surface area contributed by atoms with Crippen molar-refractivity contribution in [2.75, 3.05) is 5.32 Å². The maximum atomic E-state index is 11.9. The highest BCUT2D eigenvalue weighted by Gasteiger charge is 2.29. The number of benzene rings is 1. The minimum Gasteiger partial charge on any atom is -0.326 e. The van der Waals surface area contributed by atoms with Gasteiger partial charge in [0.1, 0.15) is 0 Å². The number of carbonyl (C=O) groups excluding carboxylic acids is 1. The molecule has 2 aromatic heterocycles. The Balaban J connectivity index is 1.69. The average Bonchev–Trinajstić information content (AvgIpc) is 3.27. The normalized spacial score (nSPS) is 14.2. The molecular weight excluding hydrogens is 333 g/mol. The first-order chi connectivity index (χ1) is 11.1. The lowest BCUT2D eigenvalue weighted by Crippen LogP contribution is -2.13. The van der Waals surface area contributed by atoms with Crippen LogP contribution in [-0.2, 0) is 4.79 Å². The summed E-state index contributed by atoms with van der Waals surface area (Å²) in [6.45, 7) is 0. The van der Waals surface area contributed by atoms with Gasteiger partial charge in [-0.3, -0.25) is 4.79 Å². The van der Waals surface area contributed by atoms with Crippen LogP contribution in [0, 0.1) is 5.92 Å². The second kappa shape index (κ2) is 5.55. The van der Waals surface area contributed by atoms with Crippen molar-refractivity contribution >= 4 is 40.4 Å². The molecule has 1 aliphatic rings. The molecule has 0 radical (unpaired) electrons. The second-order valence-electron chi connectivity index (χ2n) is 5.71. The minimum atomic E-state index is 0.0898. The van der Waals surface area contributed by atoms with E-state index in [9.17, 15) is 4.79 Å². The number of nitrogens with one attached hydrogen (secondary N) is 1. The first-order valence-electron chi connectivity index (χ1n) is 7.35. The fourth-order valence-electron chi connectivity index (χ4n) is 2.51. The summed E-state index contributed by atoms with van der Waals surface area (Å²) in [5.41, 5.74) is 3.12. The molecule has 0 spiro atoms. The van der Waals surface area contributed by atoms with Gasteiger partial charge in [0.25, 0.3) is 0 Å². The molecule has 1 fully saturated rings. The van der Waals surface area contributed by atoms with Gasteiger partial charge in [0.05, 0.1) is 15.7 Å². The number of fused-ring (bicyclic) bond motifs is 1. The Labute approximate surface area is 143 Å². The van der Waals surface area contributed by atoms with Crippen molar-refractivity contribution in [2.24, 2.45) is 5.92 Å². The number of aromatic nitrogens is 2. The van der Waals surface area contributed by atoms with Crippen molar-refractivity contribution in [3.8, 4) is 11.3 Å². The number of pyridine rings is 1. The van der Waals surface area contributed by atoms with Crippen LogP contribution >= 0.6 is 23.2 Å². The number of nitrogens with zero attached hydrogens (tertiary/aromatic N) is 2. The number of anilines is 1. The van der Waals surface area contributed by atoms with Crippen LogP contribution in [0.15, 0.2) is 42.7 Å². The molecule has 1 N–H and O–H groups in total. The third kappa shape index (κ3) is 2.92. The summed E-state index contributed by atoms with van der Waals surface area (Å²) in [4.78, 5) is 16.4. The molecule has 0 saturated heterocycles. The third-order valence-electron chi connectivity index (χ3n) is 3.85. The van der Waals surface area contributed by atoms with Gasteiger partial charge in [-0.05, 0) is 31.0 Å². The van der Waals surface area contributed by atoms with Crippen molar-refractivity contribution in [1.82, 2.24) is 9.38 Å². The summed E-state index contributed by atoms with van der Waals surface area (Å²) in [5.74, 6) is 0.266. The van der Waals surface area contributed by atoms with E-state index >= 15 is 0 Å². The first-order valence-corrected chi connectivity index (χ1v) is 8.11. The van der Waals surface area contributed by atoms with E-state index in [1.54, 1.807) is 16.7 Å². The number of carbonyl (C=O) groups is 1. The molecule has 0 aliphatic heterocycles. The zero-order valence-corrected chi connectivity index (χ0v) is 13.6. The van der Waals surface area contributed by atoms with Crippen molar-refractivity contribution in [3.05, 3.63) is 52.8 Å². The van der Waals surface area contributed by atoms with Crippen LogP contribution in [0.2, 0.25) is 10.0 Å². The van der Waals surface area contributed by atoms with Crippen molar-refractivity contribution in [2.45, 2.75) is 12.8 Å². The molecule has 0 atom stereocenters. The standard InChI is InChI=1S/C17H13Cl2N3O/c18-12-7-14(19)16-21-15(9-22(16)8-12)11-2-1-3-13(6-11)20-17(23)10-4-5-10/h1-3,6-10H,4-5H2,(H,20,23). The predicted octanol–water partition coefficient (Wildman–Crippen LogP) is 4.66.